The second-order valence-corrected chi connectivity index (χ2v) is 7.45. The predicted molar refractivity (Wildman–Crippen MR) is 89.1 cm³/mol. The molecule has 1 heterocycles. The molecule has 0 amide bonds. The van der Waals surface area contributed by atoms with Crippen LogP contribution in [0.5, 0.6) is 0 Å². The number of anilines is 1. The van der Waals surface area contributed by atoms with Crippen LogP contribution in [-0.2, 0) is 10.0 Å². The fourth-order valence-electron chi connectivity index (χ4n) is 2.59. The molecule has 2 aromatic rings. The van der Waals surface area contributed by atoms with Gasteiger partial charge in [-0.2, -0.15) is 13.2 Å². The van der Waals surface area contributed by atoms with Gasteiger partial charge in [0.2, 0.25) is 10.0 Å². The molecule has 1 aliphatic heterocycles. The van der Waals surface area contributed by atoms with Crippen molar-refractivity contribution >= 4 is 21.5 Å². The summed E-state index contributed by atoms with van der Waals surface area (Å²) in [6, 6.07) is 9.38. The van der Waals surface area contributed by atoms with Gasteiger partial charge < -0.3 is 10.0 Å². The highest BCUT2D eigenvalue weighted by Crippen LogP contribution is 2.38. The molecule has 0 spiro atoms. The number of rotatable bonds is 3. The molecule has 6 nitrogen and oxygen atoms in total. The summed E-state index contributed by atoms with van der Waals surface area (Å²) in [6.07, 6.45) is -5.07. The lowest BCUT2D eigenvalue weighted by Crippen LogP contribution is -2.47. The number of halogens is 4. The maximum atomic E-state index is 13.5. The lowest BCUT2D eigenvalue weighted by atomic mass is 10.1. The Bertz CT molecular complexity index is 1010. The van der Waals surface area contributed by atoms with Gasteiger partial charge in [-0.05, 0) is 42.5 Å². The summed E-state index contributed by atoms with van der Waals surface area (Å²) >= 11 is 0. The smallest absolute Gasteiger partial charge is 0.361 e. The quantitative estimate of drug-likeness (QED) is 0.767. The molecule has 144 valence electrons. The van der Waals surface area contributed by atoms with E-state index in [2.05, 4.69) is 4.99 Å². The third-order valence-electron chi connectivity index (χ3n) is 3.94. The van der Waals surface area contributed by atoms with Crippen molar-refractivity contribution in [2.24, 2.45) is 10.1 Å². The minimum Gasteiger partial charge on any atom is -0.361 e. The fraction of sp³-hybridized carbons (Fsp3) is 0.188. The summed E-state index contributed by atoms with van der Waals surface area (Å²) in [5.41, 5.74) is -3.26. The molecule has 1 atom stereocenters. The lowest BCUT2D eigenvalue weighted by molar-refractivity contribution is -0.249. The van der Waals surface area contributed by atoms with E-state index >= 15 is 0 Å². The summed E-state index contributed by atoms with van der Waals surface area (Å²) < 4.78 is 76.0. The van der Waals surface area contributed by atoms with Crippen molar-refractivity contribution in [3.05, 3.63) is 59.9 Å². The molecule has 27 heavy (non-hydrogen) atoms. The van der Waals surface area contributed by atoms with E-state index in [4.69, 9.17) is 5.14 Å². The second kappa shape index (κ2) is 6.29. The van der Waals surface area contributed by atoms with Gasteiger partial charge in [0.05, 0.1) is 11.4 Å². The Balaban J connectivity index is 2.11. The summed E-state index contributed by atoms with van der Waals surface area (Å²) in [5, 5.41) is 15.0. The van der Waals surface area contributed by atoms with Crippen LogP contribution < -0.4 is 10.0 Å². The number of primary sulfonamides is 1. The number of β-amino-alcohol motifs (C(OH)–C–C–N with tert-alkyl or cyclic N) is 1. The first-order chi connectivity index (χ1) is 12.4. The van der Waals surface area contributed by atoms with Crippen LogP contribution in [0.15, 0.2) is 58.4 Å². The average Bonchev–Trinajstić information content (AvgIpc) is 2.93. The first kappa shape index (κ1) is 19.3. The number of hydrogen-bond acceptors (Lipinski definition) is 5. The Morgan fingerprint density at radius 1 is 1.15 bits per heavy atom. The Hall–Kier alpha value is -2.50. The zero-order valence-corrected chi connectivity index (χ0v) is 14.3. The number of alkyl halides is 3. The molecular formula is C16H13F4N3O3S. The SMILES string of the molecule is NS(=O)(=O)c1ccc(C2=NC(O)(C(F)(F)F)CN2c2cccc(F)c2)cc1. The van der Waals surface area contributed by atoms with Crippen molar-refractivity contribution in [1.82, 2.24) is 0 Å². The molecule has 1 unspecified atom stereocenters. The van der Waals surface area contributed by atoms with Gasteiger partial charge in [0.25, 0.3) is 5.72 Å². The van der Waals surface area contributed by atoms with Crippen LogP contribution in [-0.4, -0.2) is 37.8 Å². The Morgan fingerprint density at radius 2 is 1.78 bits per heavy atom. The van der Waals surface area contributed by atoms with Crippen molar-refractivity contribution < 1.29 is 31.1 Å². The van der Waals surface area contributed by atoms with Crippen molar-refractivity contribution in [2.75, 3.05) is 11.4 Å². The van der Waals surface area contributed by atoms with Gasteiger partial charge in [-0.15, -0.1) is 0 Å². The van der Waals surface area contributed by atoms with Gasteiger partial charge in [0, 0.05) is 11.3 Å². The summed E-state index contributed by atoms with van der Waals surface area (Å²) in [6.45, 7) is -0.980. The zero-order chi connectivity index (χ0) is 20.0. The summed E-state index contributed by atoms with van der Waals surface area (Å²) in [7, 11) is -3.99. The maximum Gasteiger partial charge on any atom is 0.440 e. The molecule has 2 aromatic carbocycles. The van der Waals surface area contributed by atoms with Gasteiger partial charge in [0.15, 0.2) is 0 Å². The van der Waals surface area contributed by atoms with Crippen LogP contribution in [0.4, 0.5) is 23.2 Å². The minimum absolute atomic E-state index is 0.0458. The molecule has 0 bridgehead atoms. The molecule has 0 aromatic heterocycles. The number of hydrogen-bond donors (Lipinski definition) is 2. The topological polar surface area (TPSA) is 96.0 Å². The number of benzene rings is 2. The minimum atomic E-state index is -5.07. The average molecular weight is 403 g/mol. The Morgan fingerprint density at radius 3 is 2.30 bits per heavy atom. The second-order valence-electron chi connectivity index (χ2n) is 5.89. The van der Waals surface area contributed by atoms with E-state index in [9.17, 15) is 31.1 Å². The number of nitrogens with two attached hydrogens (primary N) is 1. The predicted octanol–water partition coefficient (Wildman–Crippen LogP) is 1.99. The fourth-order valence-corrected chi connectivity index (χ4v) is 3.11. The number of aliphatic hydroxyl groups is 1. The molecule has 0 saturated carbocycles. The monoisotopic (exact) mass is 403 g/mol. The first-order valence-electron chi connectivity index (χ1n) is 7.46. The molecule has 0 fully saturated rings. The van der Waals surface area contributed by atoms with Gasteiger partial charge >= 0.3 is 6.18 Å². The normalized spacial score (nSPS) is 20.7. The zero-order valence-electron chi connectivity index (χ0n) is 13.5. The number of amidine groups is 1. The van der Waals surface area contributed by atoms with Crippen LogP contribution in [0.1, 0.15) is 5.56 Å². The number of nitrogens with zero attached hydrogens (tertiary/aromatic N) is 2. The maximum absolute atomic E-state index is 13.5. The molecule has 1 aliphatic rings. The summed E-state index contributed by atoms with van der Waals surface area (Å²) in [5.74, 6) is -0.972. The highest BCUT2D eigenvalue weighted by atomic mass is 32.2. The molecule has 11 heteroatoms. The van der Waals surface area contributed by atoms with E-state index < -0.39 is 34.3 Å². The van der Waals surface area contributed by atoms with Crippen molar-refractivity contribution in [2.45, 2.75) is 16.8 Å². The van der Waals surface area contributed by atoms with Crippen LogP contribution in [0.3, 0.4) is 0 Å². The molecule has 0 saturated heterocycles. The number of sulfonamides is 1. The first-order valence-corrected chi connectivity index (χ1v) is 9.01. The van der Waals surface area contributed by atoms with E-state index in [0.29, 0.717) is 0 Å². The number of aliphatic imine (C=N–C) groups is 1. The van der Waals surface area contributed by atoms with Crippen molar-refractivity contribution in [3.8, 4) is 0 Å². The summed E-state index contributed by atoms with van der Waals surface area (Å²) in [4.78, 5) is 4.17. The molecular weight excluding hydrogens is 390 g/mol. The van der Waals surface area contributed by atoms with E-state index in [1.165, 1.54) is 24.3 Å². The van der Waals surface area contributed by atoms with E-state index in [1.54, 1.807) is 0 Å². The van der Waals surface area contributed by atoms with Gasteiger partial charge in [0.1, 0.15) is 11.7 Å². The van der Waals surface area contributed by atoms with Crippen molar-refractivity contribution in [3.63, 3.8) is 0 Å². The standard InChI is InChI=1S/C16H13F4N3O3S/c17-11-2-1-3-12(8-11)23-9-15(24,16(18,19)20)22-14(23)10-4-6-13(7-5-10)27(21,25)26/h1-8,24H,9H2,(H2,21,25,26). The largest absolute Gasteiger partial charge is 0.440 e. The highest BCUT2D eigenvalue weighted by molar-refractivity contribution is 7.89. The third kappa shape index (κ3) is 3.66. The van der Waals surface area contributed by atoms with Gasteiger partial charge in [-0.1, -0.05) is 6.07 Å². The Kier molecular flexibility index (Phi) is 4.49. The van der Waals surface area contributed by atoms with Gasteiger partial charge in [-0.25, -0.2) is 22.9 Å². The molecule has 3 N–H and O–H groups in total. The molecule has 0 radical (unpaired) electrons. The van der Waals surface area contributed by atoms with Crippen LogP contribution in [0.2, 0.25) is 0 Å². The molecule has 3 rings (SSSR count). The molecule has 0 aliphatic carbocycles. The van der Waals surface area contributed by atoms with Gasteiger partial charge in [-0.3, -0.25) is 0 Å². The third-order valence-corrected chi connectivity index (χ3v) is 4.87. The lowest BCUT2D eigenvalue weighted by Gasteiger charge is -2.25. The van der Waals surface area contributed by atoms with E-state index in [1.807, 2.05) is 0 Å². The van der Waals surface area contributed by atoms with E-state index in [-0.39, 0.29) is 22.0 Å². The van der Waals surface area contributed by atoms with Crippen LogP contribution >= 0.6 is 0 Å². The van der Waals surface area contributed by atoms with Crippen molar-refractivity contribution in [1.29, 1.82) is 0 Å². The van der Waals surface area contributed by atoms with Crippen LogP contribution in [0.25, 0.3) is 0 Å². The van der Waals surface area contributed by atoms with E-state index in [0.717, 1.165) is 29.2 Å². The highest BCUT2D eigenvalue weighted by Gasteiger charge is 2.58. The Labute approximate surface area is 151 Å². The van der Waals surface area contributed by atoms with Crippen LogP contribution in [0, 0.1) is 5.82 Å².